The highest BCUT2D eigenvalue weighted by Crippen LogP contribution is 2.41. The Morgan fingerprint density at radius 1 is 0.293 bits per heavy atom. The van der Waals surface area contributed by atoms with Crippen molar-refractivity contribution < 1.29 is 0 Å². The summed E-state index contributed by atoms with van der Waals surface area (Å²) >= 11 is 0. The van der Waals surface area contributed by atoms with Crippen LogP contribution in [0.3, 0.4) is 0 Å². The first-order chi connectivity index (χ1) is 28.8. The number of benzene rings is 10. The number of nitrogens with zero attached hydrogens (tertiary/aromatic N) is 2. The van der Waals surface area contributed by atoms with Gasteiger partial charge in [-0.25, -0.2) is 0 Å². The third-order valence-electron chi connectivity index (χ3n) is 11.6. The average Bonchev–Trinajstić information content (AvgIpc) is 3.64. The topological polar surface area (TPSA) is 8.17 Å². The molecule has 0 fully saturated rings. The number of rotatable bonds is 7. The van der Waals surface area contributed by atoms with Crippen LogP contribution in [0.2, 0.25) is 0 Å². The van der Waals surface area contributed by atoms with Gasteiger partial charge in [0.25, 0.3) is 0 Å². The van der Waals surface area contributed by atoms with Crippen molar-refractivity contribution >= 4 is 60.4 Å². The Balaban J connectivity index is 0.962. The number of aromatic nitrogens is 1. The number of para-hydroxylation sites is 2. The molecule has 0 radical (unpaired) electrons. The first kappa shape index (κ1) is 33.6. The lowest BCUT2D eigenvalue weighted by atomic mass is 9.91. The largest absolute Gasteiger partial charge is 0.310 e. The normalized spacial score (nSPS) is 11.4. The molecule has 58 heavy (non-hydrogen) atoms. The van der Waals surface area contributed by atoms with Gasteiger partial charge in [-0.05, 0) is 116 Å². The third-order valence-corrected chi connectivity index (χ3v) is 11.6. The number of hydrogen-bond donors (Lipinski definition) is 0. The molecular weight excluding hydrogens is 701 g/mol. The van der Waals surface area contributed by atoms with Crippen molar-refractivity contribution in [1.29, 1.82) is 0 Å². The van der Waals surface area contributed by atoms with E-state index in [0.717, 1.165) is 22.7 Å². The molecule has 0 aliphatic rings. The summed E-state index contributed by atoms with van der Waals surface area (Å²) in [5.41, 5.74) is 14.2. The maximum absolute atomic E-state index is 2.37. The molecule has 2 heteroatoms. The van der Waals surface area contributed by atoms with Gasteiger partial charge in [0, 0.05) is 33.5 Å². The molecule has 0 spiro atoms. The van der Waals surface area contributed by atoms with E-state index in [4.69, 9.17) is 0 Å². The van der Waals surface area contributed by atoms with Gasteiger partial charge >= 0.3 is 0 Å². The van der Waals surface area contributed by atoms with Crippen molar-refractivity contribution in [2.45, 2.75) is 0 Å². The first-order valence-corrected chi connectivity index (χ1v) is 19.9. The highest BCUT2D eigenvalue weighted by atomic mass is 15.1. The van der Waals surface area contributed by atoms with Crippen molar-refractivity contribution in [1.82, 2.24) is 4.57 Å². The Bertz CT molecular complexity index is 3190. The summed E-state index contributed by atoms with van der Waals surface area (Å²) < 4.78 is 2.37. The first-order valence-electron chi connectivity index (χ1n) is 19.9. The highest BCUT2D eigenvalue weighted by molar-refractivity contribution is 6.09. The van der Waals surface area contributed by atoms with Crippen molar-refractivity contribution in [3.63, 3.8) is 0 Å². The summed E-state index contributed by atoms with van der Waals surface area (Å²) in [4.78, 5) is 2.36. The van der Waals surface area contributed by atoms with Crippen LogP contribution in [0.15, 0.2) is 231 Å². The minimum absolute atomic E-state index is 1.10. The van der Waals surface area contributed by atoms with Crippen LogP contribution in [0, 0.1) is 0 Å². The summed E-state index contributed by atoms with van der Waals surface area (Å²) in [6.45, 7) is 0. The molecule has 0 bridgehead atoms. The zero-order valence-electron chi connectivity index (χ0n) is 31.8. The Kier molecular flexibility index (Phi) is 8.19. The Morgan fingerprint density at radius 3 is 1.38 bits per heavy atom. The molecule has 0 saturated heterocycles. The van der Waals surface area contributed by atoms with Gasteiger partial charge < -0.3 is 9.47 Å². The minimum atomic E-state index is 1.10. The average molecular weight is 739 g/mol. The van der Waals surface area contributed by atoms with Crippen LogP contribution in [0.1, 0.15) is 0 Å². The van der Waals surface area contributed by atoms with E-state index in [9.17, 15) is 0 Å². The summed E-state index contributed by atoms with van der Waals surface area (Å²) in [5.74, 6) is 0. The van der Waals surface area contributed by atoms with E-state index in [2.05, 4.69) is 240 Å². The molecule has 0 saturated carbocycles. The third kappa shape index (κ3) is 5.82. The highest BCUT2D eigenvalue weighted by Gasteiger charge is 2.16. The maximum atomic E-state index is 2.37. The fraction of sp³-hybridized carbons (Fsp3) is 0. The van der Waals surface area contributed by atoms with Gasteiger partial charge in [0.15, 0.2) is 0 Å². The second-order valence-electron chi connectivity index (χ2n) is 15.0. The number of anilines is 3. The summed E-state index contributed by atoms with van der Waals surface area (Å²) in [7, 11) is 0. The molecule has 10 aromatic carbocycles. The molecule has 11 aromatic rings. The number of fused-ring (bicyclic) bond motifs is 5. The molecule has 272 valence electrons. The lowest BCUT2D eigenvalue weighted by molar-refractivity contribution is 1.18. The minimum Gasteiger partial charge on any atom is -0.310 e. The van der Waals surface area contributed by atoms with Crippen LogP contribution in [-0.4, -0.2) is 4.57 Å². The monoisotopic (exact) mass is 738 g/mol. The molecule has 0 unspecified atom stereocenters. The van der Waals surface area contributed by atoms with E-state index in [1.54, 1.807) is 0 Å². The van der Waals surface area contributed by atoms with Crippen molar-refractivity contribution in [3.8, 4) is 39.1 Å². The van der Waals surface area contributed by atoms with E-state index in [-0.39, 0.29) is 0 Å². The lowest BCUT2D eigenvalue weighted by Gasteiger charge is -2.26. The summed E-state index contributed by atoms with van der Waals surface area (Å²) in [5, 5.41) is 7.50. The van der Waals surface area contributed by atoms with E-state index in [1.807, 2.05) is 0 Å². The van der Waals surface area contributed by atoms with Gasteiger partial charge in [0.2, 0.25) is 0 Å². The van der Waals surface area contributed by atoms with Crippen LogP contribution in [-0.2, 0) is 0 Å². The Morgan fingerprint density at radius 2 is 0.759 bits per heavy atom. The van der Waals surface area contributed by atoms with Crippen molar-refractivity contribution in [2.75, 3.05) is 4.90 Å². The van der Waals surface area contributed by atoms with Crippen LogP contribution >= 0.6 is 0 Å². The predicted octanol–water partition coefficient (Wildman–Crippen LogP) is 15.6. The summed E-state index contributed by atoms with van der Waals surface area (Å²) in [6, 6.07) is 83.6. The summed E-state index contributed by atoms with van der Waals surface area (Å²) in [6.07, 6.45) is 0. The molecule has 1 aromatic heterocycles. The van der Waals surface area contributed by atoms with E-state index in [1.165, 1.54) is 76.7 Å². The van der Waals surface area contributed by atoms with Crippen LogP contribution < -0.4 is 4.90 Å². The van der Waals surface area contributed by atoms with Gasteiger partial charge in [-0.3, -0.25) is 0 Å². The molecular formula is C56H38N2. The van der Waals surface area contributed by atoms with Crippen LogP contribution in [0.5, 0.6) is 0 Å². The van der Waals surface area contributed by atoms with Crippen LogP contribution in [0.25, 0.3) is 82.4 Å². The molecule has 0 amide bonds. The Hall–Kier alpha value is -7.68. The molecule has 0 atom stereocenters. The van der Waals surface area contributed by atoms with E-state index < -0.39 is 0 Å². The zero-order valence-corrected chi connectivity index (χ0v) is 31.8. The predicted molar refractivity (Wildman–Crippen MR) is 247 cm³/mol. The van der Waals surface area contributed by atoms with Gasteiger partial charge in [0.1, 0.15) is 0 Å². The number of hydrogen-bond acceptors (Lipinski definition) is 1. The standard InChI is InChI=1S/C56H38N2/c1-2-13-42(14-3-1)50-20-10-16-44-17-11-21-51(56(44)50)43-29-35-47(36-30-43)57(49-37-28-39-12-4-5-15-45(39)38-49)46-31-24-40(25-32-46)41-26-33-48(34-27-41)58-54-22-8-6-18-52(54)53-19-7-9-23-55(53)58/h1-38H. The quantitative estimate of drug-likeness (QED) is 0.158. The second-order valence-corrected chi connectivity index (χ2v) is 15.0. The van der Waals surface area contributed by atoms with Gasteiger partial charge in [-0.15, -0.1) is 0 Å². The van der Waals surface area contributed by atoms with Gasteiger partial charge in [0.05, 0.1) is 11.0 Å². The molecule has 1 heterocycles. The Labute approximate surface area is 338 Å². The van der Waals surface area contributed by atoms with Crippen LogP contribution in [0.4, 0.5) is 17.1 Å². The zero-order chi connectivity index (χ0) is 38.4. The smallest absolute Gasteiger partial charge is 0.0541 e. The SMILES string of the molecule is c1ccc(-c2cccc3cccc(-c4ccc(N(c5ccc(-c6ccc(-n7c8ccccc8c8ccccc87)cc6)cc5)c5ccc6ccccc6c5)cc4)c23)cc1. The molecule has 0 N–H and O–H groups in total. The fourth-order valence-corrected chi connectivity index (χ4v) is 8.80. The second kappa shape index (κ2) is 14.1. The maximum Gasteiger partial charge on any atom is 0.0541 e. The van der Waals surface area contributed by atoms with Gasteiger partial charge in [-0.1, -0.05) is 170 Å². The lowest BCUT2D eigenvalue weighted by Crippen LogP contribution is -2.09. The van der Waals surface area contributed by atoms with Crippen molar-refractivity contribution in [3.05, 3.63) is 231 Å². The fourth-order valence-electron chi connectivity index (χ4n) is 8.80. The molecule has 11 rings (SSSR count). The molecule has 0 aliphatic heterocycles. The van der Waals surface area contributed by atoms with Crippen molar-refractivity contribution in [2.24, 2.45) is 0 Å². The molecule has 0 aliphatic carbocycles. The van der Waals surface area contributed by atoms with E-state index >= 15 is 0 Å². The molecule has 2 nitrogen and oxygen atoms in total. The van der Waals surface area contributed by atoms with Gasteiger partial charge in [-0.2, -0.15) is 0 Å². The van der Waals surface area contributed by atoms with E-state index in [0.29, 0.717) is 0 Å².